The molecule has 0 aliphatic heterocycles. The molecule has 0 heterocycles. The minimum atomic E-state index is -1.49. The second kappa shape index (κ2) is 4.40. The van der Waals surface area contributed by atoms with Crippen LogP contribution in [0.2, 0.25) is 0 Å². The molecule has 5 nitrogen and oxygen atoms in total. The van der Waals surface area contributed by atoms with Gasteiger partial charge in [0, 0.05) is 0 Å². The number of hydrogen-bond donors (Lipinski definition) is 4. The summed E-state index contributed by atoms with van der Waals surface area (Å²) in [7, 11) is 0. The molecular weight excluding hydrogens is 150 g/mol. The number of aliphatic hydroxyl groups is 3. The Labute approximate surface area is 64.4 Å². The Hall–Kier alpha value is -0.490. The molecule has 0 rings (SSSR count). The maximum absolute atomic E-state index is 10.8. The molecule has 0 saturated carbocycles. The summed E-state index contributed by atoms with van der Waals surface area (Å²) in [5, 5.41) is 25.9. The predicted molar refractivity (Wildman–Crippen MR) is 37.8 cm³/mol. The summed E-state index contributed by atoms with van der Waals surface area (Å²) in [5.74, 6) is -0.748. The van der Waals surface area contributed by atoms with Crippen molar-refractivity contribution >= 4 is 5.78 Å². The number of rotatable bonds is 4. The van der Waals surface area contributed by atoms with E-state index in [4.69, 9.17) is 21.1 Å². The van der Waals surface area contributed by atoms with Gasteiger partial charge in [-0.25, -0.2) is 0 Å². The number of carbonyl (C=O) groups excluding carboxylic acids is 1. The maximum Gasteiger partial charge on any atom is 0.182 e. The fraction of sp³-hybridized carbons (Fsp3) is 0.833. The third-order valence-corrected chi connectivity index (χ3v) is 1.35. The van der Waals surface area contributed by atoms with Crippen LogP contribution in [-0.2, 0) is 4.79 Å². The van der Waals surface area contributed by atoms with Crippen LogP contribution in [-0.4, -0.2) is 46.0 Å². The van der Waals surface area contributed by atoms with E-state index < -0.39 is 30.6 Å². The van der Waals surface area contributed by atoms with Gasteiger partial charge in [-0.05, 0) is 6.92 Å². The molecule has 0 radical (unpaired) electrons. The van der Waals surface area contributed by atoms with Crippen molar-refractivity contribution < 1.29 is 20.1 Å². The van der Waals surface area contributed by atoms with Gasteiger partial charge in [0.25, 0.3) is 0 Å². The normalized spacial score (nSPS) is 19.0. The summed E-state index contributed by atoms with van der Waals surface area (Å²) >= 11 is 0. The first kappa shape index (κ1) is 10.5. The Bertz CT molecular complexity index is 137. The molecule has 0 amide bonds. The van der Waals surface area contributed by atoms with E-state index in [0.29, 0.717) is 0 Å². The zero-order valence-corrected chi connectivity index (χ0v) is 6.27. The highest BCUT2D eigenvalue weighted by Gasteiger charge is 2.24. The molecule has 0 saturated heterocycles. The van der Waals surface area contributed by atoms with Crippen molar-refractivity contribution in [3.8, 4) is 0 Å². The van der Waals surface area contributed by atoms with Crippen molar-refractivity contribution in [1.82, 2.24) is 0 Å². The zero-order chi connectivity index (χ0) is 9.02. The quantitative estimate of drug-likeness (QED) is 0.370. The fourth-order valence-corrected chi connectivity index (χ4v) is 0.550. The number of aliphatic hydroxyl groups excluding tert-OH is 3. The third kappa shape index (κ3) is 2.94. The number of nitrogens with two attached hydrogens (primary N) is 1. The van der Waals surface area contributed by atoms with Crippen LogP contribution in [0.3, 0.4) is 0 Å². The Balaban J connectivity index is 4.02. The molecule has 0 aliphatic carbocycles. The highest BCUT2D eigenvalue weighted by Crippen LogP contribution is 1.95. The van der Waals surface area contributed by atoms with Crippen LogP contribution in [0, 0.1) is 0 Å². The molecule has 5 heteroatoms. The molecule has 3 atom stereocenters. The third-order valence-electron chi connectivity index (χ3n) is 1.35. The molecule has 0 unspecified atom stereocenters. The van der Waals surface area contributed by atoms with Crippen molar-refractivity contribution in [1.29, 1.82) is 0 Å². The molecule has 11 heavy (non-hydrogen) atoms. The summed E-state index contributed by atoms with van der Waals surface area (Å²) < 4.78 is 0. The predicted octanol–water partition coefficient (Wildman–Crippen LogP) is -2.38. The minimum Gasteiger partial charge on any atom is -0.393 e. The van der Waals surface area contributed by atoms with E-state index in [1.165, 1.54) is 6.92 Å². The van der Waals surface area contributed by atoms with Gasteiger partial charge in [-0.2, -0.15) is 0 Å². The van der Waals surface area contributed by atoms with E-state index in [2.05, 4.69) is 0 Å². The van der Waals surface area contributed by atoms with Crippen LogP contribution in [0.1, 0.15) is 6.92 Å². The summed E-state index contributed by atoms with van der Waals surface area (Å²) in [6, 6.07) is -1.13. The average Bonchev–Trinajstić information content (AvgIpc) is 2.00. The fourth-order valence-electron chi connectivity index (χ4n) is 0.550. The van der Waals surface area contributed by atoms with Gasteiger partial charge in [0.2, 0.25) is 0 Å². The summed E-state index contributed by atoms with van der Waals surface area (Å²) in [4.78, 5) is 10.8. The Morgan fingerprint density at radius 3 is 2.27 bits per heavy atom. The molecule has 0 aromatic carbocycles. The van der Waals surface area contributed by atoms with E-state index in [1.54, 1.807) is 0 Å². The Morgan fingerprint density at radius 1 is 1.55 bits per heavy atom. The zero-order valence-electron chi connectivity index (χ0n) is 6.27. The van der Waals surface area contributed by atoms with Crippen LogP contribution in [0.25, 0.3) is 0 Å². The van der Waals surface area contributed by atoms with Gasteiger partial charge in [0.15, 0.2) is 5.78 Å². The summed E-state index contributed by atoms with van der Waals surface area (Å²) in [5.41, 5.74) is 5.17. The number of carbonyl (C=O) groups is 1. The number of ketones is 1. The average molecular weight is 163 g/mol. The maximum atomic E-state index is 10.8. The SMILES string of the molecule is C[C@@H](O)[C@@H](N)C(=O)[C@@H](O)CO. The number of Topliss-reactive ketones (excluding diaryl/α,β-unsaturated/α-hetero) is 1. The standard InChI is InChI=1S/C6H13NO4/c1-3(9)5(7)6(11)4(10)2-8/h3-5,8-10H,2,7H2,1H3/t3-,4+,5-/m1/s1. The molecule has 0 fully saturated rings. The monoisotopic (exact) mass is 163 g/mol. The van der Waals surface area contributed by atoms with Gasteiger partial charge in [-0.1, -0.05) is 0 Å². The highest BCUT2D eigenvalue weighted by molar-refractivity contribution is 5.88. The van der Waals surface area contributed by atoms with Crippen molar-refractivity contribution in [2.45, 2.75) is 25.2 Å². The van der Waals surface area contributed by atoms with Crippen LogP contribution in [0.15, 0.2) is 0 Å². The van der Waals surface area contributed by atoms with E-state index in [9.17, 15) is 4.79 Å². The first-order valence-electron chi connectivity index (χ1n) is 3.27. The molecule has 5 N–H and O–H groups in total. The summed E-state index contributed by atoms with van der Waals surface area (Å²) in [6.45, 7) is 0.673. The van der Waals surface area contributed by atoms with E-state index in [0.717, 1.165) is 0 Å². The number of hydrogen-bond acceptors (Lipinski definition) is 5. The van der Waals surface area contributed by atoms with Gasteiger partial charge in [-0.3, -0.25) is 4.79 Å². The van der Waals surface area contributed by atoms with Crippen molar-refractivity contribution in [3.05, 3.63) is 0 Å². The van der Waals surface area contributed by atoms with Crippen molar-refractivity contribution in [2.24, 2.45) is 5.73 Å². The molecule has 0 bridgehead atoms. The molecule has 0 spiro atoms. The van der Waals surface area contributed by atoms with E-state index >= 15 is 0 Å². The molecular formula is C6H13NO4. The van der Waals surface area contributed by atoms with Crippen molar-refractivity contribution in [2.75, 3.05) is 6.61 Å². The summed E-state index contributed by atoms with van der Waals surface area (Å²) in [6.07, 6.45) is -2.50. The van der Waals surface area contributed by atoms with Crippen LogP contribution in [0.4, 0.5) is 0 Å². The smallest absolute Gasteiger partial charge is 0.182 e. The van der Waals surface area contributed by atoms with Gasteiger partial charge in [0.1, 0.15) is 6.10 Å². The van der Waals surface area contributed by atoms with E-state index in [-0.39, 0.29) is 0 Å². The van der Waals surface area contributed by atoms with Gasteiger partial charge in [-0.15, -0.1) is 0 Å². The second-order valence-corrected chi connectivity index (χ2v) is 2.37. The lowest BCUT2D eigenvalue weighted by Gasteiger charge is -2.15. The lowest BCUT2D eigenvalue weighted by atomic mass is 10.0. The molecule has 66 valence electrons. The lowest BCUT2D eigenvalue weighted by molar-refractivity contribution is -0.132. The highest BCUT2D eigenvalue weighted by atomic mass is 16.3. The van der Waals surface area contributed by atoms with Gasteiger partial charge in [0.05, 0.1) is 18.8 Å². The second-order valence-electron chi connectivity index (χ2n) is 2.37. The molecule has 0 aromatic rings. The van der Waals surface area contributed by atoms with Gasteiger partial charge >= 0.3 is 0 Å². The lowest BCUT2D eigenvalue weighted by Crippen LogP contribution is -2.46. The Kier molecular flexibility index (Phi) is 4.20. The van der Waals surface area contributed by atoms with Crippen LogP contribution in [0.5, 0.6) is 0 Å². The molecule has 0 aliphatic rings. The Morgan fingerprint density at radius 2 is 2.00 bits per heavy atom. The molecule has 0 aromatic heterocycles. The van der Waals surface area contributed by atoms with Crippen molar-refractivity contribution in [3.63, 3.8) is 0 Å². The first-order valence-corrected chi connectivity index (χ1v) is 3.27. The van der Waals surface area contributed by atoms with E-state index in [1.807, 2.05) is 0 Å². The van der Waals surface area contributed by atoms with Gasteiger partial charge < -0.3 is 21.1 Å². The van der Waals surface area contributed by atoms with Crippen LogP contribution >= 0.6 is 0 Å². The van der Waals surface area contributed by atoms with Crippen LogP contribution < -0.4 is 5.73 Å². The topological polar surface area (TPSA) is 104 Å². The minimum absolute atomic E-state index is 0.667. The largest absolute Gasteiger partial charge is 0.393 e. The first-order chi connectivity index (χ1) is 5.00.